The lowest BCUT2D eigenvalue weighted by Gasteiger charge is -2.23. The van der Waals surface area contributed by atoms with E-state index in [0.29, 0.717) is 13.0 Å². The van der Waals surface area contributed by atoms with Gasteiger partial charge in [0.05, 0.1) is 6.17 Å². The summed E-state index contributed by atoms with van der Waals surface area (Å²) in [6.07, 6.45) is 2.07. The van der Waals surface area contributed by atoms with Crippen LogP contribution >= 0.6 is 0 Å². The van der Waals surface area contributed by atoms with Gasteiger partial charge in [0, 0.05) is 6.42 Å². The van der Waals surface area contributed by atoms with Crippen LogP contribution in [0.4, 0.5) is 0 Å². The Morgan fingerprint density at radius 3 is 2.23 bits per heavy atom. The lowest BCUT2D eigenvalue weighted by molar-refractivity contribution is 0.348. The van der Waals surface area contributed by atoms with Gasteiger partial charge in [0.25, 0.3) is 0 Å². The molecule has 0 radical (unpaired) electrons. The third-order valence-corrected chi connectivity index (χ3v) is 1.61. The zero-order valence-corrected chi connectivity index (χ0v) is 8.00. The molecule has 0 aliphatic carbocycles. The molecule has 0 aromatic carbocycles. The molecule has 0 rings (SSSR count). The Hall–Kier alpha value is -0.240. The van der Waals surface area contributed by atoms with Crippen molar-refractivity contribution in [3.05, 3.63) is 0 Å². The Labute approximate surface area is 79.2 Å². The number of rotatable bonds is 7. The van der Waals surface area contributed by atoms with Crippen LogP contribution < -0.4 is 34.0 Å². The number of nitrogens with one attached hydrogen (secondary N) is 1. The molecule has 80 valence electrons. The smallest absolute Gasteiger partial charge is 0.118 e. The first-order valence-electron chi connectivity index (χ1n) is 4.51. The molecule has 0 aliphatic rings. The van der Waals surface area contributed by atoms with Crippen LogP contribution in [0.15, 0.2) is 0 Å². The van der Waals surface area contributed by atoms with Crippen LogP contribution in [0, 0.1) is 0 Å². The van der Waals surface area contributed by atoms with Gasteiger partial charge in [0.1, 0.15) is 5.79 Å². The van der Waals surface area contributed by atoms with Crippen LogP contribution in [0.3, 0.4) is 0 Å². The second-order valence-corrected chi connectivity index (χ2v) is 3.37. The first-order chi connectivity index (χ1) is 5.95. The average Bonchev–Trinajstić information content (AvgIpc) is 1.94. The topological polar surface area (TPSA) is 142 Å². The SMILES string of the molecule is NCCCCNC(N)CC(N)(N)N. The Bertz CT molecular complexity index is 121. The van der Waals surface area contributed by atoms with E-state index in [0.717, 1.165) is 19.4 Å². The lowest BCUT2D eigenvalue weighted by Crippen LogP contribution is -2.62. The first-order valence-corrected chi connectivity index (χ1v) is 4.51. The average molecular weight is 190 g/mol. The summed E-state index contributed by atoms with van der Waals surface area (Å²) < 4.78 is 0. The maximum Gasteiger partial charge on any atom is 0.118 e. The van der Waals surface area contributed by atoms with Crippen LogP contribution in [-0.4, -0.2) is 25.0 Å². The van der Waals surface area contributed by atoms with Gasteiger partial charge in [-0.2, -0.15) is 0 Å². The van der Waals surface area contributed by atoms with Gasteiger partial charge in [-0.25, -0.2) is 0 Å². The van der Waals surface area contributed by atoms with Crippen LogP contribution in [0.2, 0.25) is 0 Å². The molecule has 6 heteroatoms. The third kappa shape index (κ3) is 9.68. The van der Waals surface area contributed by atoms with Crippen LogP contribution in [0.25, 0.3) is 0 Å². The molecule has 0 aromatic rings. The van der Waals surface area contributed by atoms with E-state index in [1.54, 1.807) is 0 Å². The van der Waals surface area contributed by atoms with Crippen molar-refractivity contribution in [2.45, 2.75) is 31.2 Å². The molecule has 0 saturated heterocycles. The maximum atomic E-state index is 5.66. The van der Waals surface area contributed by atoms with Gasteiger partial charge in [0.15, 0.2) is 0 Å². The van der Waals surface area contributed by atoms with Crippen molar-refractivity contribution in [1.82, 2.24) is 5.32 Å². The van der Waals surface area contributed by atoms with Crippen molar-refractivity contribution in [2.24, 2.45) is 28.7 Å². The molecule has 0 amide bonds. The minimum atomic E-state index is -1.19. The summed E-state index contributed by atoms with van der Waals surface area (Å²) in [5, 5.41) is 3.06. The summed E-state index contributed by atoms with van der Waals surface area (Å²) in [4.78, 5) is 0. The van der Waals surface area contributed by atoms with Crippen LogP contribution in [0.1, 0.15) is 19.3 Å². The van der Waals surface area contributed by atoms with E-state index in [1.807, 2.05) is 0 Å². The zero-order valence-electron chi connectivity index (χ0n) is 8.00. The third-order valence-electron chi connectivity index (χ3n) is 1.61. The monoisotopic (exact) mass is 190 g/mol. The fraction of sp³-hybridized carbons (Fsp3) is 1.00. The van der Waals surface area contributed by atoms with E-state index in [2.05, 4.69) is 5.32 Å². The van der Waals surface area contributed by atoms with Crippen LogP contribution in [-0.2, 0) is 0 Å². The molecule has 1 unspecified atom stereocenters. The molecule has 11 N–H and O–H groups in total. The Balaban J connectivity index is 3.35. The molecule has 0 spiro atoms. The van der Waals surface area contributed by atoms with Gasteiger partial charge in [0.2, 0.25) is 0 Å². The van der Waals surface area contributed by atoms with E-state index >= 15 is 0 Å². The predicted octanol–water partition coefficient (Wildman–Crippen LogP) is -2.48. The highest BCUT2D eigenvalue weighted by atomic mass is 15.1. The molecule has 0 aromatic heterocycles. The molecular formula is C7H22N6. The highest BCUT2D eigenvalue weighted by Gasteiger charge is 2.15. The summed E-state index contributed by atoms with van der Waals surface area (Å²) in [6.45, 7) is 1.51. The summed E-state index contributed by atoms with van der Waals surface area (Å²) in [7, 11) is 0. The molecule has 0 bridgehead atoms. The number of hydrogen-bond donors (Lipinski definition) is 6. The van der Waals surface area contributed by atoms with Crippen LogP contribution in [0.5, 0.6) is 0 Å². The second-order valence-electron chi connectivity index (χ2n) is 3.37. The Morgan fingerprint density at radius 2 is 1.77 bits per heavy atom. The normalized spacial score (nSPS) is 14.5. The number of nitrogens with two attached hydrogens (primary N) is 5. The molecule has 0 heterocycles. The highest BCUT2D eigenvalue weighted by molar-refractivity contribution is 4.74. The van der Waals surface area contributed by atoms with Gasteiger partial charge in [-0.3, -0.25) is 0 Å². The van der Waals surface area contributed by atoms with Crippen molar-refractivity contribution in [3.63, 3.8) is 0 Å². The minimum absolute atomic E-state index is 0.252. The van der Waals surface area contributed by atoms with Gasteiger partial charge in [-0.15, -0.1) is 0 Å². The van der Waals surface area contributed by atoms with E-state index in [4.69, 9.17) is 28.7 Å². The minimum Gasteiger partial charge on any atom is -0.330 e. The molecule has 0 saturated carbocycles. The van der Waals surface area contributed by atoms with Crippen molar-refractivity contribution >= 4 is 0 Å². The highest BCUT2D eigenvalue weighted by Crippen LogP contribution is 1.92. The van der Waals surface area contributed by atoms with Gasteiger partial charge in [-0.05, 0) is 25.9 Å². The van der Waals surface area contributed by atoms with Gasteiger partial charge in [-0.1, -0.05) is 0 Å². The molecule has 6 nitrogen and oxygen atoms in total. The van der Waals surface area contributed by atoms with E-state index < -0.39 is 5.79 Å². The van der Waals surface area contributed by atoms with E-state index in [1.165, 1.54) is 0 Å². The molecule has 1 atom stereocenters. The fourth-order valence-electron chi connectivity index (χ4n) is 1.01. The fourth-order valence-corrected chi connectivity index (χ4v) is 1.01. The second kappa shape index (κ2) is 6.25. The van der Waals surface area contributed by atoms with Crippen molar-refractivity contribution in [3.8, 4) is 0 Å². The molecule has 0 aliphatic heterocycles. The first kappa shape index (κ1) is 12.8. The number of hydrogen-bond acceptors (Lipinski definition) is 6. The summed E-state index contributed by atoms with van der Waals surface area (Å²) in [5.41, 5.74) is 27.1. The molecular weight excluding hydrogens is 168 g/mol. The van der Waals surface area contributed by atoms with Gasteiger partial charge >= 0.3 is 0 Å². The van der Waals surface area contributed by atoms with Crippen molar-refractivity contribution in [2.75, 3.05) is 13.1 Å². The van der Waals surface area contributed by atoms with Crippen molar-refractivity contribution < 1.29 is 0 Å². The number of unbranched alkanes of at least 4 members (excludes halogenated alkanes) is 1. The van der Waals surface area contributed by atoms with E-state index in [-0.39, 0.29) is 6.17 Å². The summed E-state index contributed by atoms with van der Waals surface area (Å²) in [6, 6.07) is 0. The Kier molecular flexibility index (Phi) is 6.13. The quantitative estimate of drug-likeness (QED) is 0.194. The van der Waals surface area contributed by atoms with Gasteiger partial charge < -0.3 is 34.0 Å². The maximum absolute atomic E-state index is 5.66. The molecule has 13 heavy (non-hydrogen) atoms. The predicted molar refractivity (Wildman–Crippen MR) is 54.2 cm³/mol. The Morgan fingerprint density at radius 1 is 1.15 bits per heavy atom. The zero-order chi connectivity index (χ0) is 10.3. The lowest BCUT2D eigenvalue weighted by atomic mass is 10.2. The van der Waals surface area contributed by atoms with Crippen molar-refractivity contribution in [1.29, 1.82) is 0 Å². The standard InChI is InChI=1S/C7H22N6/c8-3-1-2-4-13-6(9)5-7(10,11)12/h6,13H,1-5,8-12H2. The summed E-state index contributed by atoms with van der Waals surface area (Å²) >= 11 is 0. The summed E-state index contributed by atoms with van der Waals surface area (Å²) in [5.74, 6) is -1.19. The molecule has 0 fully saturated rings. The van der Waals surface area contributed by atoms with E-state index in [9.17, 15) is 0 Å². The largest absolute Gasteiger partial charge is 0.330 e.